The number of halogens is 2. The monoisotopic (exact) mass is 592 g/mol. The van der Waals surface area contributed by atoms with Gasteiger partial charge in [-0.1, -0.05) is 98.1 Å². The Balaban J connectivity index is -0.000000424. The molecule has 0 spiro atoms. The highest BCUT2D eigenvalue weighted by molar-refractivity contribution is 6.67. The van der Waals surface area contributed by atoms with E-state index in [1.165, 1.54) is 102 Å². The van der Waals surface area contributed by atoms with Gasteiger partial charge in [-0.05, 0) is 88.1 Å². The molecule has 6 heteroatoms. The molecule has 0 unspecified atom stereocenters. The van der Waals surface area contributed by atoms with E-state index in [2.05, 4.69) is 40.9 Å². The summed E-state index contributed by atoms with van der Waals surface area (Å²) in [7, 11) is 0. The van der Waals surface area contributed by atoms with Gasteiger partial charge in [-0.25, -0.2) is 4.79 Å². The van der Waals surface area contributed by atoms with Crippen LogP contribution in [0.4, 0.5) is 0 Å². The van der Waals surface area contributed by atoms with Gasteiger partial charge in [0.25, 0.3) is 0 Å². The van der Waals surface area contributed by atoms with Crippen molar-refractivity contribution in [2.45, 2.75) is 157 Å². The van der Waals surface area contributed by atoms with Gasteiger partial charge in [-0.2, -0.15) is 0 Å². The molecule has 2 N–H and O–H groups in total. The standard InChI is InChI=1S/C11H20.C8H16.C7H14O.C4H6O2.C2H2Cl2O.CH4/c1-10(2)9-11(3)7-5-4-6-8-11;1-8(2)6-4-3-5-7-8;1-7(8)5-3-2-4-6-7;1-3(2)4(5)6;3-1-2(4)5;/h1,4-9H2,2-3H3;3-7H2,1-2H3;8H,2-6H2,1H3;1H2,2H3,(H,5,6);1H2;1H4. The van der Waals surface area contributed by atoms with Crippen molar-refractivity contribution in [1.82, 2.24) is 0 Å². The molecule has 0 aromatic rings. The Hall–Kier alpha value is -0.840. The topological polar surface area (TPSA) is 74.6 Å². The highest BCUT2D eigenvalue weighted by Gasteiger charge is 2.26. The number of hydrogen-bond donors (Lipinski definition) is 2. The van der Waals surface area contributed by atoms with E-state index >= 15 is 0 Å². The zero-order valence-electron chi connectivity index (χ0n) is 25.4. The molecule has 3 aliphatic rings. The largest absolute Gasteiger partial charge is 0.478 e. The van der Waals surface area contributed by atoms with E-state index in [1.54, 1.807) is 0 Å². The number of carbonyl (C=O) groups is 2. The fraction of sp³-hybridized carbons (Fsp3) is 0.818. The molecular formula is C33H62Cl2O4. The quantitative estimate of drug-likeness (QED) is 0.147. The fourth-order valence-corrected chi connectivity index (χ4v) is 5.13. The minimum atomic E-state index is -0.935. The number of aliphatic hydroxyl groups is 1. The third-order valence-electron chi connectivity index (χ3n) is 7.40. The number of hydrogen-bond acceptors (Lipinski definition) is 3. The van der Waals surface area contributed by atoms with Crippen molar-refractivity contribution in [2.75, 3.05) is 5.88 Å². The minimum Gasteiger partial charge on any atom is -0.478 e. The van der Waals surface area contributed by atoms with Gasteiger partial charge in [0.1, 0.15) is 0 Å². The molecule has 3 fully saturated rings. The third-order valence-corrected chi connectivity index (χ3v) is 7.91. The Morgan fingerprint density at radius 2 is 1.05 bits per heavy atom. The summed E-state index contributed by atoms with van der Waals surface area (Å²) < 4.78 is 0. The predicted molar refractivity (Wildman–Crippen MR) is 172 cm³/mol. The maximum Gasteiger partial charge on any atom is 0.330 e. The summed E-state index contributed by atoms with van der Waals surface area (Å²) in [5.41, 5.74) is 2.49. The number of aliphatic carboxylic acids is 1. The van der Waals surface area contributed by atoms with Crippen molar-refractivity contribution in [3.05, 3.63) is 24.3 Å². The molecule has 0 bridgehead atoms. The smallest absolute Gasteiger partial charge is 0.330 e. The van der Waals surface area contributed by atoms with E-state index in [0.717, 1.165) is 12.8 Å². The van der Waals surface area contributed by atoms with Crippen molar-refractivity contribution in [3.63, 3.8) is 0 Å². The van der Waals surface area contributed by atoms with E-state index in [9.17, 15) is 14.7 Å². The van der Waals surface area contributed by atoms with Crippen LogP contribution in [0.2, 0.25) is 0 Å². The molecule has 0 radical (unpaired) electrons. The molecule has 0 heterocycles. The number of alkyl halides is 1. The van der Waals surface area contributed by atoms with Crippen LogP contribution < -0.4 is 0 Å². The van der Waals surface area contributed by atoms with Crippen LogP contribution in [0.1, 0.15) is 152 Å². The average Bonchev–Trinajstić information content (AvgIpc) is 2.80. The van der Waals surface area contributed by atoms with E-state index in [1.807, 2.05) is 6.92 Å². The predicted octanol–water partition coefficient (Wildman–Crippen LogP) is 10.9. The van der Waals surface area contributed by atoms with Crippen molar-refractivity contribution >= 4 is 34.4 Å². The number of carboxylic acid groups (broad SMARTS) is 1. The van der Waals surface area contributed by atoms with Gasteiger partial charge < -0.3 is 10.2 Å². The Kier molecular flexibility index (Phi) is 24.9. The molecule has 4 nitrogen and oxygen atoms in total. The number of rotatable bonds is 4. The van der Waals surface area contributed by atoms with Gasteiger partial charge in [0.05, 0.1) is 11.5 Å². The van der Waals surface area contributed by atoms with Crippen molar-refractivity contribution in [1.29, 1.82) is 0 Å². The second kappa shape index (κ2) is 22.8. The summed E-state index contributed by atoms with van der Waals surface area (Å²) in [5, 5.41) is 16.8. The van der Waals surface area contributed by atoms with Gasteiger partial charge in [0, 0.05) is 5.57 Å². The van der Waals surface area contributed by atoms with Crippen molar-refractivity contribution in [3.8, 4) is 0 Å². The van der Waals surface area contributed by atoms with Crippen molar-refractivity contribution < 1.29 is 19.8 Å². The van der Waals surface area contributed by atoms with Crippen LogP contribution in [0, 0.1) is 10.8 Å². The second-order valence-electron chi connectivity index (χ2n) is 12.9. The lowest BCUT2D eigenvalue weighted by atomic mass is 9.72. The number of carboxylic acids is 1. The first-order valence-corrected chi connectivity index (χ1v) is 15.4. The molecule has 0 saturated heterocycles. The fourth-order valence-electron chi connectivity index (χ4n) is 5.13. The normalized spacial score (nSPS) is 20.0. The Labute approximate surface area is 252 Å². The third kappa shape index (κ3) is 28.5. The molecule has 0 atom stereocenters. The zero-order chi connectivity index (χ0) is 29.8. The van der Waals surface area contributed by atoms with Crippen molar-refractivity contribution in [2.24, 2.45) is 10.8 Å². The Bertz CT molecular complexity index is 642. The van der Waals surface area contributed by atoms with Crippen LogP contribution in [0.25, 0.3) is 0 Å². The van der Waals surface area contributed by atoms with Crippen LogP contribution >= 0.6 is 23.2 Å². The summed E-state index contributed by atoms with van der Waals surface area (Å²) in [6.45, 7) is 19.9. The molecule has 0 aliphatic heterocycles. The van der Waals surface area contributed by atoms with Crippen LogP contribution in [-0.2, 0) is 9.59 Å². The molecule has 0 aromatic heterocycles. The Morgan fingerprint density at radius 1 is 0.744 bits per heavy atom. The first-order chi connectivity index (χ1) is 17.5. The molecule has 3 saturated carbocycles. The van der Waals surface area contributed by atoms with Gasteiger partial charge in [-0.3, -0.25) is 4.79 Å². The average molecular weight is 594 g/mol. The number of carbonyl (C=O) groups excluding carboxylic acids is 1. The number of allylic oxidation sites excluding steroid dienone is 1. The van der Waals surface area contributed by atoms with Gasteiger partial charge >= 0.3 is 5.97 Å². The van der Waals surface area contributed by atoms with Crippen LogP contribution in [0.5, 0.6) is 0 Å². The summed E-state index contributed by atoms with van der Waals surface area (Å²) in [4.78, 5) is 19.0. The van der Waals surface area contributed by atoms with Gasteiger partial charge in [-0.15, -0.1) is 18.2 Å². The summed E-state index contributed by atoms with van der Waals surface area (Å²) in [6.07, 6.45) is 21.5. The Morgan fingerprint density at radius 3 is 1.23 bits per heavy atom. The molecule has 39 heavy (non-hydrogen) atoms. The summed E-state index contributed by atoms with van der Waals surface area (Å²) in [6, 6.07) is 0. The molecule has 232 valence electrons. The minimum absolute atomic E-state index is 0. The highest BCUT2D eigenvalue weighted by Crippen LogP contribution is 2.40. The molecule has 3 aliphatic carbocycles. The van der Waals surface area contributed by atoms with Crippen LogP contribution in [-0.4, -0.2) is 32.9 Å². The van der Waals surface area contributed by atoms with E-state index < -0.39 is 11.2 Å². The van der Waals surface area contributed by atoms with E-state index in [-0.39, 0.29) is 24.5 Å². The molecular weight excluding hydrogens is 531 g/mol. The molecule has 3 rings (SSSR count). The lowest BCUT2D eigenvalue weighted by molar-refractivity contribution is -0.132. The lowest BCUT2D eigenvalue weighted by Gasteiger charge is -2.33. The zero-order valence-corrected chi connectivity index (χ0v) is 26.9. The maximum atomic E-state index is 9.60. The summed E-state index contributed by atoms with van der Waals surface area (Å²) >= 11 is 9.55. The van der Waals surface area contributed by atoms with E-state index in [0.29, 0.717) is 10.8 Å². The molecule has 0 aromatic carbocycles. The summed E-state index contributed by atoms with van der Waals surface area (Å²) in [5.74, 6) is -1.03. The van der Waals surface area contributed by atoms with Gasteiger partial charge in [0.15, 0.2) is 0 Å². The first-order valence-electron chi connectivity index (χ1n) is 14.5. The lowest BCUT2D eigenvalue weighted by Crippen LogP contribution is -2.26. The maximum absolute atomic E-state index is 9.60. The highest BCUT2D eigenvalue weighted by atomic mass is 35.5. The van der Waals surface area contributed by atoms with E-state index in [4.69, 9.17) is 28.3 Å². The van der Waals surface area contributed by atoms with Gasteiger partial charge in [0.2, 0.25) is 5.24 Å². The SMILES string of the molecule is C.C=C(C)C(=O)O.C=C(C)CC1(C)CCCCC1.CC1(C)CCCCC1.CC1(O)CCCCC1.O=C(Cl)CCl. The molecule has 0 amide bonds. The van der Waals surface area contributed by atoms with Crippen LogP contribution in [0.3, 0.4) is 0 Å². The van der Waals surface area contributed by atoms with Crippen LogP contribution in [0.15, 0.2) is 24.3 Å². The second-order valence-corrected chi connectivity index (χ2v) is 13.6. The first kappa shape index (κ1) is 42.6.